The standard InChI is InChI=1S/C18H36N4O2.HI/c1-6-20-16(21-13-17(2,3)15(23)19-4)22-14-18(11-12-24-5)9-7-8-10-18;/h6-14H2,1-5H3,(H,19,23)(H2,20,21,22);1H. The highest BCUT2D eigenvalue weighted by molar-refractivity contribution is 14.0. The van der Waals surface area contributed by atoms with Gasteiger partial charge < -0.3 is 20.7 Å². The number of amides is 1. The van der Waals surface area contributed by atoms with E-state index in [0.717, 1.165) is 32.1 Å². The molecule has 25 heavy (non-hydrogen) atoms. The molecular weight excluding hydrogens is 431 g/mol. The number of carbonyl (C=O) groups is 1. The molecule has 0 saturated heterocycles. The lowest BCUT2D eigenvalue weighted by molar-refractivity contribution is -0.128. The molecule has 6 nitrogen and oxygen atoms in total. The van der Waals surface area contributed by atoms with Gasteiger partial charge in [0.1, 0.15) is 0 Å². The minimum absolute atomic E-state index is 0. The Labute approximate surface area is 170 Å². The summed E-state index contributed by atoms with van der Waals surface area (Å²) in [6.07, 6.45) is 6.16. The third-order valence-electron chi connectivity index (χ3n) is 4.95. The van der Waals surface area contributed by atoms with Gasteiger partial charge in [0.15, 0.2) is 5.96 Å². The van der Waals surface area contributed by atoms with E-state index < -0.39 is 5.41 Å². The SMILES string of the molecule is CCNC(=NCC(C)(C)C(=O)NC)NCC1(CCOC)CCCC1.I. The number of ether oxygens (including phenoxy) is 1. The lowest BCUT2D eigenvalue weighted by atomic mass is 9.83. The van der Waals surface area contributed by atoms with E-state index >= 15 is 0 Å². The summed E-state index contributed by atoms with van der Waals surface area (Å²) in [7, 11) is 3.43. The van der Waals surface area contributed by atoms with Gasteiger partial charge in [0.05, 0.1) is 12.0 Å². The van der Waals surface area contributed by atoms with Crippen LogP contribution in [0.2, 0.25) is 0 Å². The zero-order chi connectivity index (χ0) is 18.1. The fourth-order valence-electron chi connectivity index (χ4n) is 3.26. The summed E-state index contributed by atoms with van der Waals surface area (Å²) < 4.78 is 5.30. The zero-order valence-electron chi connectivity index (χ0n) is 16.5. The Morgan fingerprint density at radius 2 is 1.88 bits per heavy atom. The number of hydrogen-bond acceptors (Lipinski definition) is 3. The number of hydrogen-bond donors (Lipinski definition) is 3. The van der Waals surface area contributed by atoms with Crippen LogP contribution in [-0.4, -0.2) is 52.3 Å². The molecule has 1 fully saturated rings. The maximum absolute atomic E-state index is 11.9. The second kappa shape index (κ2) is 11.9. The van der Waals surface area contributed by atoms with Crippen molar-refractivity contribution in [1.29, 1.82) is 0 Å². The molecule has 0 bridgehead atoms. The second-order valence-corrected chi connectivity index (χ2v) is 7.46. The van der Waals surface area contributed by atoms with E-state index in [2.05, 4.69) is 27.9 Å². The predicted molar refractivity (Wildman–Crippen MR) is 115 cm³/mol. The number of rotatable bonds is 9. The molecule has 0 spiro atoms. The van der Waals surface area contributed by atoms with Crippen LogP contribution in [0.3, 0.4) is 0 Å². The molecule has 0 heterocycles. The highest BCUT2D eigenvalue weighted by Gasteiger charge is 2.33. The molecule has 0 radical (unpaired) electrons. The molecule has 1 aliphatic carbocycles. The van der Waals surface area contributed by atoms with Crippen LogP contribution in [0.15, 0.2) is 4.99 Å². The van der Waals surface area contributed by atoms with E-state index in [4.69, 9.17) is 4.74 Å². The van der Waals surface area contributed by atoms with Crippen molar-refractivity contribution in [2.75, 3.05) is 40.4 Å². The van der Waals surface area contributed by atoms with Gasteiger partial charge >= 0.3 is 0 Å². The molecule has 1 saturated carbocycles. The molecule has 0 unspecified atom stereocenters. The molecule has 0 aromatic heterocycles. The maximum Gasteiger partial charge on any atom is 0.227 e. The third kappa shape index (κ3) is 8.11. The van der Waals surface area contributed by atoms with Crippen molar-refractivity contribution in [1.82, 2.24) is 16.0 Å². The normalized spacial score (nSPS) is 16.9. The number of nitrogens with one attached hydrogen (secondary N) is 3. The van der Waals surface area contributed by atoms with Crippen LogP contribution in [0.1, 0.15) is 52.9 Å². The number of halogens is 1. The predicted octanol–water partition coefficient (Wildman–Crippen LogP) is 2.53. The Kier molecular flexibility index (Phi) is 11.7. The van der Waals surface area contributed by atoms with Gasteiger partial charge in [-0.1, -0.05) is 12.8 Å². The molecule has 0 aliphatic heterocycles. The molecule has 148 valence electrons. The van der Waals surface area contributed by atoms with E-state index in [9.17, 15) is 4.79 Å². The Hall–Kier alpha value is -0.570. The van der Waals surface area contributed by atoms with Crippen molar-refractivity contribution in [2.45, 2.75) is 52.9 Å². The summed E-state index contributed by atoms with van der Waals surface area (Å²) in [5, 5.41) is 9.48. The first-order valence-corrected chi connectivity index (χ1v) is 9.12. The highest BCUT2D eigenvalue weighted by Crippen LogP contribution is 2.40. The first-order valence-electron chi connectivity index (χ1n) is 9.12. The molecule has 0 aromatic rings. The van der Waals surface area contributed by atoms with Gasteiger partial charge in [-0.05, 0) is 45.4 Å². The quantitative estimate of drug-likeness (QED) is 0.276. The minimum Gasteiger partial charge on any atom is -0.385 e. The molecule has 1 aliphatic rings. The van der Waals surface area contributed by atoms with E-state index in [-0.39, 0.29) is 29.9 Å². The number of guanidine groups is 1. The van der Waals surface area contributed by atoms with E-state index in [0.29, 0.717) is 12.0 Å². The molecule has 7 heteroatoms. The van der Waals surface area contributed by atoms with E-state index in [1.807, 2.05) is 13.8 Å². The molecule has 3 N–H and O–H groups in total. The van der Waals surface area contributed by atoms with Crippen molar-refractivity contribution >= 4 is 35.8 Å². The van der Waals surface area contributed by atoms with E-state index in [1.54, 1.807) is 14.2 Å². The van der Waals surface area contributed by atoms with Gasteiger partial charge in [-0.3, -0.25) is 9.79 Å². The number of nitrogens with zero attached hydrogens (tertiary/aromatic N) is 1. The largest absolute Gasteiger partial charge is 0.385 e. The highest BCUT2D eigenvalue weighted by atomic mass is 127. The van der Waals surface area contributed by atoms with Gasteiger partial charge in [0.2, 0.25) is 5.91 Å². The van der Waals surface area contributed by atoms with Gasteiger partial charge in [-0.15, -0.1) is 24.0 Å². The van der Waals surface area contributed by atoms with Gasteiger partial charge in [0, 0.05) is 33.9 Å². The summed E-state index contributed by atoms with van der Waals surface area (Å²) in [5.74, 6) is 0.799. The van der Waals surface area contributed by atoms with Crippen molar-refractivity contribution in [3.63, 3.8) is 0 Å². The Balaban J connectivity index is 0.00000576. The van der Waals surface area contributed by atoms with Crippen LogP contribution in [0.4, 0.5) is 0 Å². The maximum atomic E-state index is 11.9. The smallest absolute Gasteiger partial charge is 0.227 e. The first-order chi connectivity index (χ1) is 11.4. The van der Waals surface area contributed by atoms with E-state index in [1.165, 1.54) is 25.7 Å². The van der Waals surface area contributed by atoms with Crippen molar-refractivity contribution in [3.05, 3.63) is 0 Å². The lowest BCUT2D eigenvalue weighted by Crippen LogP contribution is -2.44. The summed E-state index contributed by atoms with van der Waals surface area (Å²) in [6, 6.07) is 0. The van der Waals surface area contributed by atoms with Crippen LogP contribution in [0.5, 0.6) is 0 Å². The summed E-state index contributed by atoms with van der Waals surface area (Å²) in [5.41, 5.74) is -0.208. The van der Waals surface area contributed by atoms with Crippen molar-refractivity contribution < 1.29 is 9.53 Å². The Morgan fingerprint density at radius 1 is 1.24 bits per heavy atom. The molecule has 1 rings (SSSR count). The topological polar surface area (TPSA) is 74.8 Å². The van der Waals surface area contributed by atoms with Crippen LogP contribution < -0.4 is 16.0 Å². The van der Waals surface area contributed by atoms with Gasteiger partial charge in [-0.25, -0.2) is 0 Å². The fourth-order valence-corrected chi connectivity index (χ4v) is 3.26. The number of carbonyl (C=O) groups excluding carboxylic acids is 1. The molecule has 1 amide bonds. The number of methoxy groups -OCH3 is 1. The van der Waals surface area contributed by atoms with Crippen LogP contribution in [0, 0.1) is 10.8 Å². The Morgan fingerprint density at radius 3 is 2.40 bits per heavy atom. The first kappa shape index (κ1) is 24.4. The van der Waals surface area contributed by atoms with Gasteiger partial charge in [-0.2, -0.15) is 0 Å². The van der Waals surface area contributed by atoms with Crippen LogP contribution in [-0.2, 0) is 9.53 Å². The van der Waals surface area contributed by atoms with Crippen molar-refractivity contribution in [3.8, 4) is 0 Å². The minimum atomic E-state index is -0.516. The zero-order valence-corrected chi connectivity index (χ0v) is 18.9. The average Bonchev–Trinajstić information content (AvgIpc) is 3.04. The summed E-state index contributed by atoms with van der Waals surface area (Å²) >= 11 is 0. The average molecular weight is 468 g/mol. The lowest BCUT2D eigenvalue weighted by Gasteiger charge is -2.30. The fraction of sp³-hybridized carbons (Fsp3) is 0.889. The molecular formula is C18H37IN4O2. The Bertz CT molecular complexity index is 421. The molecule has 0 aromatic carbocycles. The summed E-state index contributed by atoms with van der Waals surface area (Å²) in [4.78, 5) is 16.5. The van der Waals surface area contributed by atoms with Crippen molar-refractivity contribution in [2.24, 2.45) is 15.8 Å². The van der Waals surface area contributed by atoms with Gasteiger partial charge in [0.25, 0.3) is 0 Å². The third-order valence-corrected chi connectivity index (χ3v) is 4.95. The monoisotopic (exact) mass is 468 g/mol. The van der Waals surface area contributed by atoms with Crippen LogP contribution >= 0.6 is 24.0 Å². The molecule has 0 atom stereocenters. The number of aliphatic imine (C=N–C) groups is 1. The second-order valence-electron chi connectivity index (χ2n) is 7.46. The summed E-state index contributed by atoms with van der Waals surface area (Å²) in [6.45, 7) is 8.84. The van der Waals surface area contributed by atoms with Crippen LogP contribution in [0.25, 0.3) is 0 Å².